The molecule has 1 aromatic heterocycles. The van der Waals surface area contributed by atoms with Crippen LogP contribution in [0.2, 0.25) is 0 Å². The van der Waals surface area contributed by atoms with Gasteiger partial charge in [-0.25, -0.2) is 8.78 Å². The third kappa shape index (κ3) is 5.11. The monoisotopic (exact) mass is 296 g/mol. The zero-order valence-electron chi connectivity index (χ0n) is 12.0. The van der Waals surface area contributed by atoms with E-state index in [2.05, 4.69) is 20.8 Å². The Balaban J connectivity index is 1.80. The number of anilines is 1. The molecule has 0 amide bonds. The van der Waals surface area contributed by atoms with E-state index < -0.39 is 11.6 Å². The normalized spacial score (nSPS) is 11.1. The van der Waals surface area contributed by atoms with Gasteiger partial charge in [0.15, 0.2) is 0 Å². The van der Waals surface area contributed by atoms with Crippen LogP contribution in [0, 0.1) is 11.6 Å². The van der Waals surface area contributed by atoms with E-state index >= 15 is 0 Å². The number of aromatic nitrogens is 2. The van der Waals surface area contributed by atoms with Crippen molar-refractivity contribution in [2.24, 2.45) is 0 Å². The number of hydrogen-bond acceptors (Lipinski definition) is 5. The Hall–Kier alpha value is -2.02. The molecule has 2 aromatic rings. The minimum Gasteiger partial charge on any atom is -0.407 e. The second-order valence-electron chi connectivity index (χ2n) is 4.99. The van der Waals surface area contributed by atoms with Gasteiger partial charge in [0.2, 0.25) is 5.89 Å². The van der Waals surface area contributed by atoms with Crippen LogP contribution in [0.3, 0.4) is 0 Å². The van der Waals surface area contributed by atoms with E-state index in [1.54, 1.807) is 0 Å². The summed E-state index contributed by atoms with van der Waals surface area (Å²) in [5.41, 5.74) is 0.571. The largest absolute Gasteiger partial charge is 0.407 e. The molecule has 0 fully saturated rings. The molecule has 0 atom stereocenters. The van der Waals surface area contributed by atoms with Gasteiger partial charge in [0.05, 0.1) is 6.54 Å². The van der Waals surface area contributed by atoms with Crippen molar-refractivity contribution in [1.82, 2.24) is 15.5 Å². The van der Waals surface area contributed by atoms with Crippen LogP contribution in [0.25, 0.3) is 0 Å². The van der Waals surface area contributed by atoms with Gasteiger partial charge in [0.1, 0.15) is 11.6 Å². The van der Waals surface area contributed by atoms with E-state index in [0.717, 1.165) is 6.07 Å². The van der Waals surface area contributed by atoms with Gasteiger partial charge in [-0.3, -0.25) is 0 Å². The smallest absolute Gasteiger partial charge is 0.315 e. The number of halogens is 2. The van der Waals surface area contributed by atoms with E-state index in [9.17, 15) is 8.78 Å². The summed E-state index contributed by atoms with van der Waals surface area (Å²) >= 11 is 0. The number of nitrogens with one attached hydrogen (secondary N) is 2. The molecule has 0 radical (unpaired) electrons. The average Bonchev–Trinajstić information content (AvgIpc) is 2.83. The highest BCUT2D eigenvalue weighted by Gasteiger charge is 2.06. The molecular formula is C14H18F2N4O. The van der Waals surface area contributed by atoms with Gasteiger partial charge < -0.3 is 15.1 Å². The predicted molar refractivity (Wildman–Crippen MR) is 74.8 cm³/mol. The Kier molecular flexibility index (Phi) is 5.21. The summed E-state index contributed by atoms with van der Waals surface area (Å²) in [6, 6.07) is 4.08. The summed E-state index contributed by atoms with van der Waals surface area (Å²) in [5.74, 6) is -0.669. The van der Waals surface area contributed by atoms with Gasteiger partial charge in [-0.15, -0.1) is 5.10 Å². The van der Waals surface area contributed by atoms with Crippen molar-refractivity contribution in [2.45, 2.75) is 32.9 Å². The molecule has 0 saturated carbocycles. The molecule has 0 unspecified atom stereocenters. The fraction of sp³-hybridized carbons (Fsp3) is 0.429. The number of nitrogens with zero attached hydrogens (tertiary/aromatic N) is 2. The van der Waals surface area contributed by atoms with Gasteiger partial charge in [0, 0.05) is 18.7 Å². The van der Waals surface area contributed by atoms with Crippen molar-refractivity contribution in [1.29, 1.82) is 0 Å². The predicted octanol–water partition coefficient (Wildman–Crippen LogP) is 2.50. The molecule has 114 valence electrons. The molecule has 1 heterocycles. The lowest BCUT2D eigenvalue weighted by atomic mass is 10.1. The molecule has 21 heavy (non-hydrogen) atoms. The van der Waals surface area contributed by atoms with E-state index in [-0.39, 0.29) is 0 Å². The highest BCUT2D eigenvalue weighted by Crippen LogP contribution is 2.10. The lowest BCUT2D eigenvalue weighted by molar-refractivity contribution is 0.458. The maximum atomic E-state index is 13.0. The van der Waals surface area contributed by atoms with Crippen LogP contribution in [0.5, 0.6) is 0 Å². The van der Waals surface area contributed by atoms with Gasteiger partial charge in [-0.2, -0.15) is 0 Å². The number of benzene rings is 1. The lowest BCUT2D eigenvalue weighted by Gasteiger charge is -2.04. The summed E-state index contributed by atoms with van der Waals surface area (Å²) in [7, 11) is 0. The van der Waals surface area contributed by atoms with Crippen molar-refractivity contribution >= 4 is 6.01 Å². The van der Waals surface area contributed by atoms with E-state index in [1.165, 1.54) is 12.1 Å². The summed E-state index contributed by atoms with van der Waals surface area (Å²) in [6.07, 6.45) is 0.455. The fourth-order valence-corrected chi connectivity index (χ4v) is 1.76. The highest BCUT2D eigenvalue weighted by atomic mass is 19.1. The van der Waals surface area contributed by atoms with Crippen molar-refractivity contribution in [3.05, 3.63) is 41.3 Å². The summed E-state index contributed by atoms with van der Waals surface area (Å²) in [6.45, 7) is 4.99. The zero-order chi connectivity index (χ0) is 15.2. The lowest BCUT2D eigenvalue weighted by Crippen LogP contribution is -2.21. The third-order valence-corrected chi connectivity index (χ3v) is 2.74. The maximum Gasteiger partial charge on any atom is 0.315 e. The molecule has 2 rings (SSSR count). The molecule has 0 bridgehead atoms. The van der Waals surface area contributed by atoms with E-state index in [4.69, 9.17) is 4.42 Å². The third-order valence-electron chi connectivity index (χ3n) is 2.74. The van der Waals surface area contributed by atoms with Gasteiger partial charge in [-0.05, 0) is 24.1 Å². The zero-order valence-corrected chi connectivity index (χ0v) is 12.0. The van der Waals surface area contributed by atoms with Crippen LogP contribution in [-0.2, 0) is 13.0 Å². The van der Waals surface area contributed by atoms with Crippen molar-refractivity contribution in [3.8, 4) is 0 Å². The van der Waals surface area contributed by atoms with Crippen molar-refractivity contribution in [2.75, 3.05) is 11.9 Å². The van der Waals surface area contributed by atoms with Crippen LogP contribution >= 0.6 is 0 Å². The van der Waals surface area contributed by atoms with Gasteiger partial charge in [-0.1, -0.05) is 18.9 Å². The first-order valence-corrected chi connectivity index (χ1v) is 6.77. The first-order chi connectivity index (χ1) is 10.0. The van der Waals surface area contributed by atoms with Crippen molar-refractivity contribution < 1.29 is 13.2 Å². The second kappa shape index (κ2) is 7.12. The van der Waals surface area contributed by atoms with Crippen LogP contribution < -0.4 is 10.6 Å². The molecule has 1 aromatic carbocycles. The molecule has 7 heteroatoms. The molecule has 0 aliphatic heterocycles. The topological polar surface area (TPSA) is 63.0 Å². The Morgan fingerprint density at radius 1 is 1.14 bits per heavy atom. The minimum absolute atomic E-state index is 0.299. The van der Waals surface area contributed by atoms with Crippen molar-refractivity contribution in [3.63, 3.8) is 0 Å². The Bertz CT molecular complexity index is 566. The Labute approximate surface area is 121 Å². The molecule has 5 nitrogen and oxygen atoms in total. The quantitative estimate of drug-likeness (QED) is 0.822. The van der Waals surface area contributed by atoms with Crippen LogP contribution in [0.4, 0.5) is 14.8 Å². The van der Waals surface area contributed by atoms with Gasteiger partial charge in [0.25, 0.3) is 0 Å². The molecular weight excluding hydrogens is 278 g/mol. The van der Waals surface area contributed by atoms with Gasteiger partial charge >= 0.3 is 6.01 Å². The Morgan fingerprint density at radius 2 is 1.86 bits per heavy atom. The number of rotatable bonds is 7. The highest BCUT2D eigenvalue weighted by molar-refractivity contribution is 5.21. The van der Waals surface area contributed by atoms with Crippen LogP contribution in [0.1, 0.15) is 25.3 Å². The summed E-state index contributed by atoms with van der Waals surface area (Å²) in [5, 5.41) is 13.8. The summed E-state index contributed by atoms with van der Waals surface area (Å²) in [4.78, 5) is 0. The molecule has 0 aliphatic rings. The minimum atomic E-state index is -0.579. The van der Waals surface area contributed by atoms with E-state index in [1.807, 2.05) is 13.8 Å². The molecule has 0 aliphatic carbocycles. The SMILES string of the molecule is CC(C)NCc1nnc(NCCc2cc(F)cc(F)c2)o1. The first-order valence-electron chi connectivity index (χ1n) is 6.77. The number of hydrogen-bond donors (Lipinski definition) is 2. The van der Waals surface area contributed by atoms with E-state index in [0.29, 0.717) is 43.0 Å². The van der Waals surface area contributed by atoms with Crippen LogP contribution in [-0.4, -0.2) is 22.8 Å². The standard InChI is InChI=1S/C14H18F2N4O/c1-9(2)18-8-13-19-20-14(21-13)17-4-3-10-5-11(15)7-12(16)6-10/h5-7,9,18H,3-4,8H2,1-2H3,(H,17,20). The molecule has 0 spiro atoms. The average molecular weight is 296 g/mol. The molecule has 0 saturated heterocycles. The second-order valence-corrected chi connectivity index (χ2v) is 4.99. The first kappa shape index (κ1) is 15.4. The summed E-state index contributed by atoms with van der Waals surface area (Å²) < 4.78 is 31.4. The molecule has 2 N–H and O–H groups in total. The maximum absolute atomic E-state index is 13.0. The fourth-order valence-electron chi connectivity index (χ4n) is 1.76. The Morgan fingerprint density at radius 3 is 2.52 bits per heavy atom. The van der Waals surface area contributed by atoms with Crippen LogP contribution in [0.15, 0.2) is 22.6 Å².